The van der Waals surface area contributed by atoms with E-state index in [1.165, 1.54) is 0 Å². The minimum Gasteiger partial charge on any atom is -0.356 e. The van der Waals surface area contributed by atoms with E-state index < -0.39 is 10.0 Å². The second kappa shape index (κ2) is 7.61. The Morgan fingerprint density at radius 3 is 2.96 bits per heavy atom. The van der Waals surface area contributed by atoms with Crippen molar-refractivity contribution in [2.24, 2.45) is 5.92 Å². The standard InChI is InChI=1S/C15H21N3O3S.ClH/c1-11(12-5-4-8-16-9-12)18-22(19,20)10-14-13-6-2-3-7-15(13)21-17-14;/h2-3,6-7,11-12,16,18H,4-5,8-10H2,1H3;1H. The highest BCUT2D eigenvalue weighted by molar-refractivity contribution is 7.88. The average Bonchev–Trinajstić information content (AvgIpc) is 2.90. The van der Waals surface area contributed by atoms with E-state index in [-0.39, 0.29) is 24.2 Å². The summed E-state index contributed by atoms with van der Waals surface area (Å²) in [6.45, 7) is 3.80. The van der Waals surface area contributed by atoms with E-state index >= 15 is 0 Å². The molecule has 2 atom stereocenters. The summed E-state index contributed by atoms with van der Waals surface area (Å²) in [7, 11) is -3.44. The van der Waals surface area contributed by atoms with Gasteiger partial charge in [-0.2, -0.15) is 0 Å². The Hall–Kier alpha value is -1.15. The molecule has 6 nitrogen and oxygen atoms in total. The molecular weight excluding hydrogens is 338 g/mol. The van der Waals surface area contributed by atoms with E-state index in [1.54, 1.807) is 6.07 Å². The number of hydrogen-bond donors (Lipinski definition) is 2. The van der Waals surface area contributed by atoms with E-state index in [2.05, 4.69) is 15.2 Å². The van der Waals surface area contributed by atoms with Crippen molar-refractivity contribution >= 4 is 33.4 Å². The molecule has 3 rings (SSSR count). The monoisotopic (exact) mass is 359 g/mol. The molecule has 2 N–H and O–H groups in total. The maximum absolute atomic E-state index is 12.4. The normalized spacial score (nSPS) is 20.1. The van der Waals surface area contributed by atoms with Crippen molar-refractivity contribution in [2.75, 3.05) is 13.1 Å². The molecule has 1 aliphatic heterocycles. The number of sulfonamides is 1. The third-order valence-corrected chi connectivity index (χ3v) is 5.57. The van der Waals surface area contributed by atoms with Crippen LogP contribution in [0.4, 0.5) is 0 Å². The molecule has 0 bridgehead atoms. The van der Waals surface area contributed by atoms with Crippen LogP contribution in [0.3, 0.4) is 0 Å². The fourth-order valence-corrected chi connectivity index (χ4v) is 4.36. The number of rotatable bonds is 5. The van der Waals surface area contributed by atoms with Gasteiger partial charge < -0.3 is 9.84 Å². The van der Waals surface area contributed by atoms with Crippen LogP contribution in [-0.4, -0.2) is 32.7 Å². The lowest BCUT2D eigenvalue weighted by Crippen LogP contribution is -2.44. The van der Waals surface area contributed by atoms with Crippen molar-refractivity contribution in [3.05, 3.63) is 30.0 Å². The molecular formula is C15H22ClN3O3S. The third kappa shape index (κ3) is 4.44. The molecule has 0 radical (unpaired) electrons. The maximum atomic E-state index is 12.4. The number of hydrogen-bond acceptors (Lipinski definition) is 5. The van der Waals surface area contributed by atoms with Gasteiger partial charge in [-0.1, -0.05) is 17.3 Å². The topological polar surface area (TPSA) is 84.2 Å². The molecule has 0 spiro atoms. The lowest BCUT2D eigenvalue weighted by Gasteiger charge is -2.28. The van der Waals surface area contributed by atoms with Crippen LogP contribution in [0.2, 0.25) is 0 Å². The second-order valence-corrected chi connectivity index (χ2v) is 7.65. The molecule has 1 aliphatic rings. The largest absolute Gasteiger partial charge is 0.356 e. The molecule has 2 aromatic rings. The first-order valence-electron chi connectivity index (χ1n) is 7.59. The van der Waals surface area contributed by atoms with Gasteiger partial charge in [-0.05, 0) is 50.9 Å². The van der Waals surface area contributed by atoms with Gasteiger partial charge >= 0.3 is 0 Å². The first-order chi connectivity index (χ1) is 10.6. The summed E-state index contributed by atoms with van der Waals surface area (Å²) in [5.74, 6) is 0.173. The molecule has 1 fully saturated rings. The number of benzene rings is 1. The first kappa shape index (κ1) is 18.2. The van der Waals surface area contributed by atoms with Crippen molar-refractivity contribution in [3.8, 4) is 0 Å². The summed E-state index contributed by atoms with van der Waals surface area (Å²) in [5, 5.41) is 7.95. The van der Waals surface area contributed by atoms with Crippen LogP contribution in [0, 0.1) is 5.92 Å². The van der Waals surface area contributed by atoms with Crippen LogP contribution < -0.4 is 10.0 Å². The minimum atomic E-state index is -3.44. The van der Waals surface area contributed by atoms with E-state index in [9.17, 15) is 8.42 Å². The summed E-state index contributed by atoms with van der Waals surface area (Å²) < 4.78 is 32.7. The molecule has 2 heterocycles. The Kier molecular flexibility index (Phi) is 6.02. The summed E-state index contributed by atoms with van der Waals surface area (Å²) >= 11 is 0. The first-order valence-corrected chi connectivity index (χ1v) is 9.24. The molecule has 0 aliphatic carbocycles. The third-order valence-electron chi connectivity index (χ3n) is 4.19. The number of nitrogens with zero attached hydrogens (tertiary/aromatic N) is 1. The van der Waals surface area contributed by atoms with Gasteiger partial charge in [0.05, 0.1) is 0 Å². The van der Waals surface area contributed by atoms with E-state index in [0.29, 0.717) is 17.2 Å². The zero-order valence-electron chi connectivity index (χ0n) is 13.0. The van der Waals surface area contributed by atoms with Gasteiger partial charge in [-0.15, -0.1) is 12.4 Å². The second-order valence-electron chi connectivity index (χ2n) is 5.90. The van der Waals surface area contributed by atoms with Gasteiger partial charge in [-0.25, -0.2) is 13.1 Å². The smallest absolute Gasteiger partial charge is 0.217 e. The Balaban J connectivity index is 0.00000192. The van der Waals surface area contributed by atoms with Crippen molar-refractivity contribution in [1.82, 2.24) is 15.2 Å². The number of piperidine rings is 1. The van der Waals surface area contributed by atoms with Crippen molar-refractivity contribution in [3.63, 3.8) is 0 Å². The lowest BCUT2D eigenvalue weighted by atomic mass is 9.94. The van der Waals surface area contributed by atoms with Crippen LogP contribution in [0.1, 0.15) is 25.5 Å². The Bertz CT molecular complexity index is 741. The number of halogens is 1. The summed E-state index contributed by atoms with van der Waals surface area (Å²) in [6.07, 6.45) is 2.13. The quantitative estimate of drug-likeness (QED) is 0.853. The van der Waals surface area contributed by atoms with Gasteiger partial charge in [0.25, 0.3) is 0 Å². The summed E-state index contributed by atoms with van der Waals surface area (Å²) in [4.78, 5) is 0. The van der Waals surface area contributed by atoms with Gasteiger partial charge in [-0.3, -0.25) is 0 Å². The number of aromatic nitrogens is 1. The highest BCUT2D eigenvalue weighted by Crippen LogP contribution is 2.20. The van der Waals surface area contributed by atoms with E-state index in [1.807, 2.05) is 25.1 Å². The highest BCUT2D eigenvalue weighted by atomic mass is 35.5. The predicted octanol–water partition coefficient (Wildman–Crippen LogP) is 2.06. The maximum Gasteiger partial charge on any atom is 0.217 e. The number of para-hydroxylation sites is 1. The van der Waals surface area contributed by atoms with Crippen LogP contribution in [0.15, 0.2) is 28.8 Å². The Morgan fingerprint density at radius 1 is 1.43 bits per heavy atom. The minimum absolute atomic E-state index is 0. The van der Waals surface area contributed by atoms with Crippen molar-refractivity contribution in [2.45, 2.75) is 31.6 Å². The van der Waals surface area contributed by atoms with Gasteiger partial charge in [0, 0.05) is 11.4 Å². The molecule has 1 aromatic heterocycles. The van der Waals surface area contributed by atoms with Crippen LogP contribution in [-0.2, 0) is 15.8 Å². The zero-order valence-corrected chi connectivity index (χ0v) is 14.6. The molecule has 1 saturated heterocycles. The van der Waals surface area contributed by atoms with Gasteiger partial charge in [0.2, 0.25) is 10.0 Å². The molecule has 0 amide bonds. The van der Waals surface area contributed by atoms with Crippen LogP contribution in [0.5, 0.6) is 0 Å². The summed E-state index contributed by atoms with van der Waals surface area (Å²) in [5.41, 5.74) is 1.06. The van der Waals surface area contributed by atoms with Crippen LogP contribution in [0.25, 0.3) is 11.0 Å². The fourth-order valence-electron chi connectivity index (χ4n) is 2.95. The number of nitrogens with one attached hydrogen (secondary N) is 2. The lowest BCUT2D eigenvalue weighted by molar-refractivity contribution is 0.320. The highest BCUT2D eigenvalue weighted by Gasteiger charge is 2.25. The summed E-state index contributed by atoms with van der Waals surface area (Å²) in [6, 6.07) is 7.20. The van der Waals surface area contributed by atoms with Crippen LogP contribution >= 0.6 is 12.4 Å². The van der Waals surface area contributed by atoms with E-state index in [0.717, 1.165) is 31.3 Å². The Morgan fingerprint density at radius 2 is 2.22 bits per heavy atom. The molecule has 8 heteroatoms. The van der Waals surface area contributed by atoms with Crippen molar-refractivity contribution < 1.29 is 12.9 Å². The van der Waals surface area contributed by atoms with Gasteiger partial charge in [0.1, 0.15) is 11.4 Å². The van der Waals surface area contributed by atoms with Gasteiger partial charge in [0.15, 0.2) is 5.58 Å². The molecule has 2 unspecified atom stereocenters. The molecule has 0 saturated carbocycles. The average molecular weight is 360 g/mol. The van der Waals surface area contributed by atoms with Crippen molar-refractivity contribution in [1.29, 1.82) is 0 Å². The molecule has 128 valence electrons. The zero-order chi connectivity index (χ0) is 15.6. The predicted molar refractivity (Wildman–Crippen MR) is 92.1 cm³/mol. The fraction of sp³-hybridized carbons (Fsp3) is 0.533. The number of fused-ring (bicyclic) bond motifs is 1. The SMILES string of the molecule is CC(NS(=O)(=O)Cc1noc2ccccc12)C1CCCNC1.Cl. The molecule has 23 heavy (non-hydrogen) atoms. The molecule has 1 aromatic carbocycles. The van der Waals surface area contributed by atoms with E-state index in [4.69, 9.17) is 4.52 Å². The Labute approximate surface area is 142 Å².